The normalized spacial score (nSPS) is 12.6. The molecule has 0 saturated heterocycles. The van der Waals surface area contributed by atoms with Crippen molar-refractivity contribution in [3.8, 4) is 0 Å². The van der Waals surface area contributed by atoms with Crippen LogP contribution in [0.1, 0.15) is 22.9 Å². The lowest BCUT2D eigenvalue weighted by Gasteiger charge is -2.14. The van der Waals surface area contributed by atoms with Crippen molar-refractivity contribution in [2.45, 2.75) is 19.4 Å². The summed E-state index contributed by atoms with van der Waals surface area (Å²) in [4.78, 5) is 0. The van der Waals surface area contributed by atoms with Crippen LogP contribution in [-0.4, -0.2) is 15.4 Å². The number of aromatic nitrogens is 3. The molecule has 4 N–H and O–H groups in total. The summed E-state index contributed by atoms with van der Waals surface area (Å²) >= 11 is 0. The first kappa shape index (κ1) is 11.7. The molecule has 90 valence electrons. The smallest absolute Gasteiger partial charge is 0.123 e. The van der Waals surface area contributed by atoms with E-state index in [1.165, 1.54) is 12.1 Å². The highest BCUT2D eigenvalue weighted by Crippen LogP contribution is 2.18. The van der Waals surface area contributed by atoms with Gasteiger partial charge >= 0.3 is 0 Å². The van der Waals surface area contributed by atoms with E-state index < -0.39 is 0 Å². The zero-order chi connectivity index (χ0) is 12.3. The summed E-state index contributed by atoms with van der Waals surface area (Å²) in [6, 6.07) is 4.57. The number of nitrogens with two attached hydrogens (primary N) is 1. The zero-order valence-corrected chi connectivity index (χ0v) is 9.44. The minimum Gasteiger partial charge on any atom is -0.271 e. The van der Waals surface area contributed by atoms with Gasteiger partial charge in [0.25, 0.3) is 0 Å². The van der Waals surface area contributed by atoms with Crippen molar-refractivity contribution in [1.82, 2.24) is 20.8 Å². The van der Waals surface area contributed by atoms with E-state index in [0.717, 1.165) is 16.8 Å². The summed E-state index contributed by atoms with van der Waals surface area (Å²) in [7, 11) is 0. The van der Waals surface area contributed by atoms with Crippen LogP contribution in [0.25, 0.3) is 0 Å². The second kappa shape index (κ2) is 5.03. The molecule has 1 heterocycles. The van der Waals surface area contributed by atoms with E-state index in [1.54, 1.807) is 12.3 Å². The van der Waals surface area contributed by atoms with Crippen molar-refractivity contribution in [3.63, 3.8) is 0 Å². The number of benzene rings is 1. The summed E-state index contributed by atoms with van der Waals surface area (Å²) in [6.07, 6.45) is 2.25. The minimum atomic E-state index is -0.232. The molecule has 5 nitrogen and oxygen atoms in total. The van der Waals surface area contributed by atoms with Crippen LogP contribution in [0.15, 0.2) is 24.4 Å². The second-order valence-corrected chi connectivity index (χ2v) is 3.89. The fourth-order valence-corrected chi connectivity index (χ4v) is 1.74. The molecule has 1 unspecified atom stereocenters. The predicted octanol–water partition coefficient (Wildman–Crippen LogP) is 0.999. The summed E-state index contributed by atoms with van der Waals surface area (Å²) < 4.78 is 13.0. The number of hydrazine groups is 1. The Morgan fingerprint density at radius 2 is 2.35 bits per heavy atom. The molecule has 0 aliphatic rings. The Bertz CT molecular complexity index is 483. The quantitative estimate of drug-likeness (QED) is 0.545. The standard InChI is InChI=1S/C11H14FN5/c1-7-4-9(12)3-2-8(7)5-10(15-13)11-6-14-17-16-11/h2-4,6,10,15H,5,13H2,1H3,(H,14,16,17). The summed E-state index contributed by atoms with van der Waals surface area (Å²) in [6.45, 7) is 1.87. The number of nitrogens with one attached hydrogen (secondary N) is 2. The first-order chi connectivity index (χ1) is 8.20. The predicted molar refractivity (Wildman–Crippen MR) is 61.3 cm³/mol. The fourth-order valence-electron chi connectivity index (χ4n) is 1.74. The van der Waals surface area contributed by atoms with E-state index in [2.05, 4.69) is 20.8 Å². The number of hydrogen-bond acceptors (Lipinski definition) is 4. The van der Waals surface area contributed by atoms with Crippen molar-refractivity contribution >= 4 is 0 Å². The largest absolute Gasteiger partial charge is 0.271 e. The minimum absolute atomic E-state index is 0.141. The van der Waals surface area contributed by atoms with E-state index in [-0.39, 0.29) is 11.9 Å². The van der Waals surface area contributed by atoms with Crippen LogP contribution in [0.5, 0.6) is 0 Å². The molecule has 0 amide bonds. The molecule has 1 aromatic carbocycles. The maximum absolute atomic E-state index is 13.0. The van der Waals surface area contributed by atoms with Crippen molar-refractivity contribution in [2.24, 2.45) is 5.84 Å². The van der Waals surface area contributed by atoms with Gasteiger partial charge in [-0.15, -0.1) is 0 Å². The van der Waals surface area contributed by atoms with Crippen molar-refractivity contribution in [2.75, 3.05) is 0 Å². The highest BCUT2D eigenvalue weighted by Gasteiger charge is 2.14. The van der Waals surface area contributed by atoms with Gasteiger partial charge in [-0.1, -0.05) is 6.07 Å². The van der Waals surface area contributed by atoms with E-state index in [9.17, 15) is 4.39 Å². The molecule has 17 heavy (non-hydrogen) atoms. The van der Waals surface area contributed by atoms with Gasteiger partial charge in [0.1, 0.15) is 11.5 Å². The monoisotopic (exact) mass is 235 g/mol. The van der Waals surface area contributed by atoms with E-state index in [1.807, 2.05) is 6.92 Å². The highest BCUT2D eigenvalue weighted by molar-refractivity contribution is 5.28. The third kappa shape index (κ3) is 2.66. The molecule has 2 aromatic rings. The Morgan fingerprint density at radius 1 is 1.53 bits per heavy atom. The Morgan fingerprint density at radius 3 is 2.94 bits per heavy atom. The fraction of sp³-hybridized carbons (Fsp3) is 0.273. The Labute approximate surface area is 98.2 Å². The van der Waals surface area contributed by atoms with Crippen LogP contribution >= 0.6 is 0 Å². The van der Waals surface area contributed by atoms with Gasteiger partial charge in [-0.05, 0) is 36.6 Å². The molecule has 1 aromatic heterocycles. The summed E-state index contributed by atoms with van der Waals surface area (Å²) in [5.41, 5.74) is 5.33. The molecule has 0 fully saturated rings. The number of hydrogen-bond donors (Lipinski definition) is 3. The Kier molecular flexibility index (Phi) is 3.46. The summed E-state index contributed by atoms with van der Waals surface area (Å²) in [5.74, 6) is 5.25. The molecule has 2 rings (SSSR count). The van der Waals surface area contributed by atoms with Crippen LogP contribution in [0.4, 0.5) is 4.39 Å². The van der Waals surface area contributed by atoms with E-state index in [0.29, 0.717) is 6.42 Å². The van der Waals surface area contributed by atoms with E-state index in [4.69, 9.17) is 5.84 Å². The molecule has 0 radical (unpaired) electrons. The van der Waals surface area contributed by atoms with Crippen LogP contribution in [-0.2, 0) is 6.42 Å². The van der Waals surface area contributed by atoms with Gasteiger partial charge in [0, 0.05) is 0 Å². The third-order valence-electron chi connectivity index (χ3n) is 2.72. The van der Waals surface area contributed by atoms with Crippen molar-refractivity contribution in [1.29, 1.82) is 0 Å². The number of H-pyrrole nitrogens is 1. The number of aromatic amines is 1. The maximum Gasteiger partial charge on any atom is 0.123 e. The lowest BCUT2D eigenvalue weighted by Crippen LogP contribution is -2.30. The average molecular weight is 235 g/mol. The zero-order valence-electron chi connectivity index (χ0n) is 9.44. The molecular formula is C11H14FN5. The third-order valence-corrected chi connectivity index (χ3v) is 2.72. The molecule has 0 saturated carbocycles. The number of nitrogens with zero attached hydrogens (tertiary/aromatic N) is 2. The van der Waals surface area contributed by atoms with E-state index >= 15 is 0 Å². The Balaban J connectivity index is 2.19. The van der Waals surface area contributed by atoms with Gasteiger partial charge in [0.2, 0.25) is 0 Å². The van der Waals surface area contributed by atoms with Gasteiger partial charge in [-0.3, -0.25) is 11.3 Å². The lowest BCUT2D eigenvalue weighted by atomic mass is 10.00. The van der Waals surface area contributed by atoms with Crippen LogP contribution in [0.2, 0.25) is 0 Å². The van der Waals surface area contributed by atoms with Crippen LogP contribution in [0.3, 0.4) is 0 Å². The molecule has 0 spiro atoms. The topological polar surface area (TPSA) is 79.6 Å². The average Bonchev–Trinajstić information content (AvgIpc) is 2.81. The molecule has 0 aliphatic heterocycles. The van der Waals surface area contributed by atoms with Gasteiger partial charge in [-0.25, -0.2) is 4.39 Å². The second-order valence-electron chi connectivity index (χ2n) is 3.89. The summed E-state index contributed by atoms with van der Waals surface area (Å²) in [5, 5.41) is 10.3. The van der Waals surface area contributed by atoms with Crippen LogP contribution < -0.4 is 11.3 Å². The number of aryl methyl sites for hydroxylation is 1. The first-order valence-corrected chi connectivity index (χ1v) is 5.27. The van der Waals surface area contributed by atoms with Crippen molar-refractivity contribution < 1.29 is 4.39 Å². The molecular weight excluding hydrogens is 221 g/mol. The first-order valence-electron chi connectivity index (χ1n) is 5.27. The molecule has 1 atom stereocenters. The van der Waals surface area contributed by atoms with Gasteiger partial charge in [0.15, 0.2) is 0 Å². The molecule has 0 bridgehead atoms. The van der Waals surface area contributed by atoms with Gasteiger partial charge in [-0.2, -0.15) is 15.4 Å². The molecule has 0 aliphatic carbocycles. The van der Waals surface area contributed by atoms with Crippen molar-refractivity contribution in [3.05, 3.63) is 47.0 Å². The highest BCUT2D eigenvalue weighted by atomic mass is 19.1. The Hall–Kier alpha value is -1.79. The van der Waals surface area contributed by atoms with Gasteiger partial charge < -0.3 is 0 Å². The number of halogens is 1. The lowest BCUT2D eigenvalue weighted by molar-refractivity contribution is 0.535. The SMILES string of the molecule is Cc1cc(F)ccc1CC(NN)c1cn[nH]n1. The number of rotatable bonds is 4. The van der Waals surface area contributed by atoms with Crippen LogP contribution in [0, 0.1) is 12.7 Å². The van der Waals surface area contributed by atoms with Gasteiger partial charge in [0.05, 0.1) is 12.2 Å². The maximum atomic E-state index is 13.0. The molecule has 6 heteroatoms.